The largest absolute Gasteiger partial charge is 0.494 e. The van der Waals surface area contributed by atoms with Gasteiger partial charge in [-0.15, -0.1) is 0 Å². The van der Waals surface area contributed by atoms with Crippen LogP contribution < -0.4 is 15.4 Å². The summed E-state index contributed by atoms with van der Waals surface area (Å²) in [4.78, 5) is 43.1. The number of rotatable bonds is 9. The van der Waals surface area contributed by atoms with E-state index in [4.69, 9.17) is 21.1 Å². The maximum atomic E-state index is 14.1. The number of nitrogens with one attached hydrogen (secondary N) is 2. The highest BCUT2D eigenvalue weighted by atomic mass is 35.5. The number of aliphatic hydroxyl groups is 1. The number of ether oxygens (including phenoxy) is 2. The van der Waals surface area contributed by atoms with Gasteiger partial charge in [0.05, 0.1) is 37.2 Å². The monoisotopic (exact) mass is 555 g/mol. The number of nitrogens with zero attached hydrogens (tertiary/aromatic N) is 1. The van der Waals surface area contributed by atoms with Crippen LogP contribution in [0.2, 0.25) is 5.02 Å². The van der Waals surface area contributed by atoms with Crippen LogP contribution in [-0.4, -0.2) is 64.7 Å². The Balaban J connectivity index is 1.46. The molecule has 0 saturated carbocycles. The SMILES string of the molecule is CCOc1ccc(NC(=O)[C@@H]2[C@@H]3CCC4(O3)C(C(=O)Nc3ccc(Cl)cc3)N([C@@H](CO)C(C)C)C(=O)[C@H]24)cc1. The van der Waals surface area contributed by atoms with E-state index in [9.17, 15) is 19.5 Å². The zero-order chi connectivity index (χ0) is 27.9. The minimum absolute atomic E-state index is 0.131. The topological polar surface area (TPSA) is 117 Å². The highest BCUT2D eigenvalue weighted by molar-refractivity contribution is 6.30. The average Bonchev–Trinajstić information content (AvgIpc) is 3.55. The molecule has 10 heteroatoms. The lowest BCUT2D eigenvalue weighted by atomic mass is 9.70. The molecule has 2 bridgehead atoms. The van der Waals surface area contributed by atoms with E-state index >= 15 is 0 Å². The maximum absolute atomic E-state index is 14.1. The van der Waals surface area contributed by atoms with Crippen LogP contribution in [0.25, 0.3) is 0 Å². The Morgan fingerprint density at radius 1 is 1.10 bits per heavy atom. The van der Waals surface area contributed by atoms with Gasteiger partial charge < -0.3 is 30.1 Å². The van der Waals surface area contributed by atoms with Gasteiger partial charge in [0.25, 0.3) is 0 Å². The zero-order valence-corrected chi connectivity index (χ0v) is 23.0. The number of amides is 3. The summed E-state index contributed by atoms with van der Waals surface area (Å²) < 4.78 is 11.9. The van der Waals surface area contributed by atoms with Crippen LogP contribution >= 0.6 is 11.6 Å². The Labute approximate surface area is 232 Å². The van der Waals surface area contributed by atoms with E-state index < -0.39 is 41.5 Å². The van der Waals surface area contributed by atoms with E-state index in [-0.39, 0.29) is 24.3 Å². The minimum atomic E-state index is -1.17. The third kappa shape index (κ3) is 4.77. The van der Waals surface area contributed by atoms with E-state index in [1.165, 1.54) is 4.90 Å². The van der Waals surface area contributed by atoms with Crippen molar-refractivity contribution in [2.75, 3.05) is 23.8 Å². The first kappa shape index (κ1) is 27.4. The molecule has 1 spiro atoms. The predicted octanol–water partition coefficient (Wildman–Crippen LogP) is 3.71. The molecule has 208 valence electrons. The van der Waals surface area contributed by atoms with Crippen LogP contribution in [0.15, 0.2) is 48.5 Å². The molecule has 6 atom stereocenters. The molecule has 39 heavy (non-hydrogen) atoms. The molecule has 3 heterocycles. The van der Waals surface area contributed by atoms with Gasteiger partial charge in [-0.25, -0.2) is 0 Å². The fourth-order valence-corrected chi connectivity index (χ4v) is 6.56. The number of benzene rings is 2. The van der Waals surface area contributed by atoms with Gasteiger partial charge in [0.2, 0.25) is 17.7 Å². The molecule has 2 aromatic rings. The van der Waals surface area contributed by atoms with Crippen molar-refractivity contribution >= 4 is 40.7 Å². The molecule has 3 saturated heterocycles. The summed E-state index contributed by atoms with van der Waals surface area (Å²) in [7, 11) is 0. The number of hydrogen-bond acceptors (Lipinski definition) is 6. The van der Waals surface area contributed by atoms with Crippen molar-refractivity contribution in [3.05, 3.63) is 53.6 Å². The fourth-order valence-electron chi connectivity index (χ4n) is 6.44. The van der Waals surface area contributed by atoms with E-state index in [1.807, 2.05) is 20.8 Å². The van der Waals surface area contributed by atoms with Crippen LogP contribution in [-0.2, 0) is 19.1 Å². The molecule has 3 aliphatic rings. The molecule has 2 unspecified atom stereocenters. The Hall–Kier alpha value is -3.14. The van der Waals surface area contributed by atoms with Gasteiger partial charge in [-0.2, -0.15) is 0 Å². The third-order valence-electron chi connectivity index (χ3n) is 8.15. The average molecular weight is 556 g/mol. The third-order valence-corrected chi connectivity index (χ3v) is 8.40. The fraction of sp³-hybridized carbons (Fsp3) is 0.483. The Morgan fingerprint density at radius 3 is 2.31 bits per heavy atom. The molecule has 3 N–H and O–H groups in total. The Kier molecular flexibility index (Phi) is 7.59. The molecule has 9 nitrogen and oxygen atoms in total. The number of anilines is 2. The first-order chi connectivity index (χ1) is 18.7. The van der Waals surface area contributed by atoms with Gasteiger partial charge in [-0.1, -0.05) is 25.4 Å². The second-order valence-corrected chi connectivity index (χ2v) is 11.2. The first-order valence-corrected chi connectivity index (χ1v) is 13.8. The highest BCUT2D eigenvalue weighted by Crippen LogP contribution is 2.59. The molecule has 3 aliphatic heterocycles. The number of fused-ring (bicyclic) bond motifs is 1. The molecule has 0 aliphatic carbocycles. The second-order valence-electron chi connectivity index (χ2n) is 10.7. The van der Waals surface area contributed by atoms with E-state index in [0.717, 1.165) is 0 Å². The van der Waals surface area contributed by atoms with Gasteiger partial charge in [-0.05, 0) is 74.2 Å². The van der Waals surface area contributed by atoms with Crippen LogP contribution in [0.5, 0.6) is 5.75 Å². The Bertz CT molecular complexity index is 1240. The van der Waals surface area contributed by atoms with Crippen molar-refractivity contribution in [1.29, 1.82) is 0 Å². The molecule has 3 amide bonds. The van der Waals surface area contributed by atoms with Gasteiger partial charge in [0.15, 0.2) is 0 Å². The summed E-state index contributed by atoms with van der Waals surface area (Å²) in [5.74, 6) is -2.12. The number of likely N-dealkylation sites (tertiary alicyclic amines) is 1. The van der Waals surface area contributed by atoms with Gasteiger partial charge >= 0.3 is 0 Å². The Morgan fingerprint density at radius 2 is 1.72 bits per heavy atom. The van der Waals surface area contributed by atoms with Crippen LogP contribution in [0, 0.1) is 17.8 Å². The first-order valence-electron chi connectivity index (χ1n) is 13.4. The zero-order valence-electron chi connectivity index (χ0n) is 22.2. The molecule has 0 radical (unpaired) electrons. The molecule has 3 fully saturated rings. The summed E-state index contributed by atoms with van der Waals surface area (Å²) in [5.41, 5.74) is -0.0596. The normalized spacial score (nSPS) is 27.9. The predicted molar refractivity (Wildman–Crippen MR) is 146 cm³/mol. The number of hydrogen-bond donors (Lipinski definition) is 3. The van der Waals surface area contributed by atoms with Crippen molar-refractivity contribution in [3.63, 3.8) is 0 Å². The van der Waals surface area contributed by atoms with Crippen molar-refractivity contribution in [1.82, 2.24) is 4.90 Å². The second kappa shape index (κ2) is 10.8. The van der Waals surface area contributed by atoms with Crippen molar-refractivity contribution in [2.45, 2.75) is 57.4 Å². The van der Waals surface area contributed by atoms with Crippen molar-refractivity contribution in [3.8, 4) is 5.75 Å². The van der Waals surface area contributed by atoms with E-state index in [0.29, 0.717) is 41.6 Å². The summed E-state index contributed by atoms with van der Waals surface area (Å²) in [6, 6.07) is 12.1. The molecule has 0 aromatic heterocycles. The van der Waals surface area contributed by atoms with E-state index in [1.54, 1.807) is 48.5 Å². The van der Waals surface area contributed by atoms with Gasteiger partial charge in [0, 0.05) is 16.4 Å². The number of carbonyl (C=O) groups excluding carboxylic acids is 3. The highest BCUT2D eigenvalue weighted by Gasteiger charge is 2.75. The number of halogens is 1. The van der Waals surface area contributed by atoms with E-state index in [2.05, 4.69) is 10.6 Å². The van der Waals surface area contributed by atoms with Crippen LogP contribution in [0.1, 0.15) is 33.6 Å². The minimum Gasteiger partial charge on any atom is -0.494 e. The van der Waals surface area contributed by atoms with Crippen molar-refractivity contribution in [2.24, 2.45) is 17.8 Å². The number of aliphatic hydroxyl groups excluding tert-OH is 1. The lowest BCUT2D eigenvalue weighted by molar-refractivity contribution is -0.144. The lowest BCUT2D eigenvalue weighted by Crippen LogP contribution is -2.57. The smallest absolute Gasteiger partial charge is 0.250 e. The standard InChI is InChI=1S/C29H34ClN3O6/c1-4-38-20-11-9-19(10-12-20)31-26(35)23-22-13-14-29(39-22)24(23)28(37)33(21(15-34)16(2)3)25(29)27(36)32-18-7-5-17(30)6-8-18/h5-12,16,21-25,34H,4,13-15H2,1-3H3,(H,31,35)(H,32,36)/t21-,22-,23+,24-,25?,29?/m0/s1. The van der Waals surface area contributed by atoms with Crippen LogP contribution in [0.4, 0.5) is 11.4 Å². The van der Waals surface area contributed by atoms with Gasteiger partial charge in [-0.3, -0.25) is 14.4 Å². The summed E-state index contributed by atoms with van der Waals surface area (Å²) >= 11 is 6.00. The molecular formula is C29H34ClN3O6. The molecular weight excluding hydrogens is 522 g/mol. The summed E-state index contributed by atoms with van der Waals surface area (Å²) in [5, 5.41) is 16.6. The van der Waals surface area contributed by atoms with Gasteiger partial charge in [0.1, 0.15) is 17.4 Å². The summed E-state index contributed by atoms with van der Waals surface area (Å²) in [6.45, 7) is 5.90. The number of carbonyl (C=O) groups is 3. The quantitative estimate of drug-likeness (QED) is 0.434. The maximum Gasteiger partial charge on any atom is 0.250 e. The molecule has 5 rings (SSSR count). The van der Waals surface area contributed by atoms with Crippen molar-refractivity contribution < 1.29 is 29.0 Å². The lowest BCUT2D eigenvalue weighted by Gasteiger charge is -2.38. The molecule has 2 aromatic carbocycles. The van der Waals surface area contributed by atoms with Crippen LogP contribution in [0.3, 0.4) is 0 Å². The summed E-state index contributed by atoms with van der Waals surface area (Å²) in [6.07, 6.45) is 0.530.